The Balaban J connectivity index is 1.56. The van der Waals surface area contributed by atoms with Gasteiger partial charge in [-0.15, -0.1) is 11.3 Å². The highest BCUT2D eigenvalue weighted by Gasteiger charge is 2.27. The maximum atomic E-state index is 12.6. The van der Waals surface area contributed by atoms with Gasteiger partial charge in [-0.1, -0.05) is 41.9 Å². The number of likely N-dealkylation sites (tertiary alicyclic amines) is 1. The number of carbonyl (C=O) groups excluding carboxylic acids is 1. The van der Waals surface area contributed by atoms with Crippen molar-refractivity contribution in [2.45, 2.75) is 25.3 Å². The van der Waals surface area contributed by atoms with Crippen LogP contribution in [0.25, 0.3) is 0 Å². The zero-order valence-corrected chi connectivity index (χ0v) is 15.5. The number of hydrogen-bond donors (Lipinski definition) is 0. The molecule has 1 aromatic heterocycles. The van der Waals surface area contributed by atoms with Crippen LogP contribution in [-0.2, 0) is 6.42 Å². The van der Waals surface area contributed by atoms with E-state index in [1.165, 1.54) is 16.9 Å². The molecule has 128 valence electrons. The normalized spacial score (nSPS) is 18.5. The van der Waals surface area contributed by atoms with Gasteiger partial charge < -0.3 is 9.80 Å². The molecule has 2 aromatic rings. The number of carbonyl (C=O) groups is 1. The zero-order valence-electron chi connectivity index (χ0n) is 14.0. The lowest BCUT2D eigenvalue weighted by molar-refractivity contribution is 0.0624. The van der Waals surface area contributed by atoms with E-state index in [-0.39, 0.29) is 11.9 Å². The Kier molecular flexibility index (Phi) is 5.93. The molecule has 1 aromatic carbocycles. The third kappa shape index (κ3) is 4.18. The molecule has 24 heavy (non-hydrogen) atoms. The summed E-state index contributed by atoms with van der Waals surface area (Å²) in [5.74, 6) is 0.0462. The van der Waals surface area contributed by atoms with Gasteiger partial charge in [0.15, 0.2) is 0 Å². The zero-order chi connectivity index (χ0) is 16.9. The van der Waals surface area contributed by atoms with E-state index in [0.29, 0.717) is 9.90 Å². The topological polar surface area (TPSA) is 23.6 Å². The van der Waals surface area contributed by atoms with Crippen molar-refractivity contribution >= 4 is 28.8 Å². The highest BCUT2D eigenvalue weighted by molar-refractivity contribution is 7.12. The number of likely N-dealkylation sites (N-methyl/N-ethyl adjacent to an activating group) is 1. The van der Waals surface area contributed by atoms with Crippen LogP contribution in [0.15, 0.2) is 41.8 Å². The standard InChI is InChI=1S/C19H23ClN2OS/c1-21(19(23)18-17(20)10-13-24-18)16-8-5-11-22(14-16)12-9-15-6-3-2-4-7-15/h2-4,6-7,10,13,16H,5,8-9,11-12,14H2,1H3/t16-/m1/s1. The average molecular weight is 363 g/mol. The number of benzene rings is 1. The Labute approximate surface area is 152 Å². The van der Waals surface area contributed by atoms with Crippen molar-refractivity contribution in [3.63, 3.8) is 0 Å². The number of nitrogens with zero attached hydrogens (tertiary/aromatic N) is 2. The van der Waals surface area contributed by atoms with E-state index in [1.54, 1.807) is 6.07 Å². The van der Waals surface area contributed by atoms with Gasteiger partial charge in [-0.05, 0) is 42.8 Å². The van der Waals surface area contributed by atoms with E-state index in [9.17, 15) is 4.79 Å². The number of piperidine rings is 1. The summed E-state index contributed by atoms with van der Waals surface area (Å²) in [6.07, 6.45) is 3.25. The SMILES string of the molecule is CN(C(=O)c1sccc1Cl)[C@@H]1CCCN(CCc2ccccc2)C1. The van der Waals surface area contributed by atoms with Gasteiger partial charge in [-0.25, -0.2) is 0 Å². The first-order valence-electron chi connectivity index (χ1n) is 8.41. The van der Waals surface area contributed by atoms with E-state index in [1.807, 2.05) is 17.3 Å². The van der Waals surface area contributed by atoms with Gasteiger partial charge in [0.2, 0.25) is 0 Å². The fourth-order valence-electron chi connectivity index (χ4n) is 3.25. The Hall–Kier alpha value is -1.36. The summed E-state index contributed by atoms with van der Waals surface area (Å²) in [5, 5.41) is 2.43. The summed E-state index contributed by atoms with van der Waals surface area (Å²) in [6.45, 7) is 3.10. The fraction of sp³-hybridized carbons (Fsp3) is 0.421. The molecule has 1 fully saturated rings. The van der Waals surface area contributed by atoms with Crippen molar-refractivity contribution < 1.29 is 4.79 Å². The van der Waals surface area contributed by atoms with Crippen molar-refractivity contribution in [1.82, 2.24) is 9.80 Å². The molecule has 0 N–H and O–H groups in total. The molecule has 1 saturated heterocycles. The molecule has 0 radical (unpaired) electrons. The lowest BCUT2D eigenvalue weighted by atomic mass is 10.0. The van der Waals surface area contributed by atoms with E-state index in [2.05, 4.69) is 35.2 Å². The second-order valence-electron chi connectivity index (χ2n) is 6.35. The second kappa shape index (κ2) is 8.15. The summed E-state index contributed by atoms with van der Waals surface area (Å²) in [6, 6.07) is 12.6. The Bertz CT molecular complexity index is 673. The van der Waals surface area contributed by atoms with Crippen LogP contribution in [0.4, 0.5) is 0 Å². The molecule has 0 spiro atoms. The van der Waals surface area contributed by atoms with Gasteiger partial charge in [0.25, 0.3) is 5.91 Å². The summed E-state index contributed by atoms with van der Waals surface area (Å²) >= 11 is 7.54. The third-order valence-electron chi connectivity index (χ3n) is 4.72. The highest BCUT2D eigenvalue weighted by Crippen LogP contribution is 2.25. The summed E-state index contributed by atoms with van der Waals surface area (Å²) in [5.41, 5.74) is 1.37. The Morgan fingerprint density at radius 1 is 1.33 bits per heavy atom. The first kappa shape index (κ1) is 17.5. The number of hydrogen-bond acceptors (Lipinski definition) is 3. The molecule has 1 atom stereocenters. The molecule has 1 aliphatic heterocycles. The lowest BCUT2D eigenvalue weighted by Gasteiger charge is -2.37. The predicted octanol–water partition coefficient (Wildman–Crippen LogP) is 4.18. The number of rotatable bonds is 5. The Morgan fingerprint density at radius 2 is 2.12 bits per heavy atom. The predicted molar refractivity (Wildman–Crippen MR) is 101 cm³/mol. The van der Waals surface area contributed by atoms with Gasteiger partial charge in [0.1, 0.15) is 4.88 Å². The summed E-state index contributed by atoms with van der Waals surface area (Å²) in [7, 11) is 1.91. The molecule has 0 saturated carbocycles. The van der Waals surface area contributed by atoms with Gasteiger partial charge in [-0.3, -0.25) is 4.79 Å². The highest BCUT2D eigenvalue weighted by atomic mass is 35.5. The monoisotopic (exact) mass is 362 g/mol. The lowest BCUT2D eigenvalue weighted by Crippen LogP contribution is -2.48. The maximum Gasteiger partial charge on any atom is 0.265 e. The van der Waals surface area contributed by atoms with E-state index >= 15 is 0 Å². The van der Waals surface area contributed by atoms with Crippen molar-refractivity contribution in [2.24, 2.45) is 0 Å². The quantitative estimate of drug-likeness (QED) is 0.796. The number of amides is 1. The van der Waals surface area contributed by atoms with Crippen molar-refractivity contribution in [3.8, 4) is 0 Å². The second-order valence-corrected chi connectivity index (χ2v) is 7.67. The van der Waals surface area contributed by atoms with Crippen molar-refractivity contribution in [2.75, 3.05) is 26.7 Å². The third-order valence-corrected chi connectivity index (χ3v) is 6.05. The molecule has 0 bridgehead atoms. The van der Waals surface area contributed by atoms with Crippen LogP contribution >= 0.6 is 22.9 Å². The molecule has 3 nitrogen and oxygen atoms in total. The van der Waals surface area contributed by atoms with E-state index in [4.69, 9.17) is 11.6 Å². The van der Waals surface area contributed by atoms with Gasteiger partial charge in [-0.2, -0.15) is 0 Å². The van der Waals surface area contributed by atoms with E-state index in [0.717, 1.165) is 38.9 Å². The summed E-state index contributed by atoms with van der Waals surface area (Å²) < 4.78 is 0. The first-order valence-corrected chi connectivity index (χ1v) is 9.67. The largest absolute Gasteiger partial charge is 0.337 e. The maximum absolute atomic E-state index is 12.6. The molecule has 1 aliphatic rings. The van der Waals surface area contributed by atoms with Crippen LogP contribution in [-0.4, -0.2) is 48.4 Å². The molecular formula is C19H23ClN2OS. The van der Waals surface area contributed by atoms with Crippen LogP contribution in [0, 0.1) is 0 Å². The number of halogens is 1. The van der Waals surface area contributed by atoms with Gasteiger partial charge >= 0.3 is 0 Å². The minimum Gasteiger partial charge on any atom is -0.337 e. The molecule has 2 heterocycles. The van der Waals surface area contributed by atoms with Gasteiger partial charge in [0.05, 0.1) is 5.02 Å². The van der Waals surface area contributed by atoms with Gasteiger partial charge in [0, 0.05) is 26.2 Å². The van der Waals surface area contributed by atoms with Crippen LogP contribution in [0.1, 0.15) is 28.1 Å². The molecule has 0 unspecified atom stereocenters. The molecule has 3 rings (SSSR count). The first-order chi connectivity index (χ1) is 11.6. The molecule has 5 heteroatoms. The smallest absolute Gasteiger partial charge is 0.265 e. The summed E-state index contributed by atoms with van der Waals surface area (Å²) in [4.78, 5) is 17.7. The van der Waals surface area contributed by atoms with Crippen LogP contribution in [0.2, 0.25) is 5.02 Å². The molecule has 1 amide bonds. The van der Waals surface area contributed by atoms with Crippen LogP contribution in [0.5, 0.6) is 0 Å². The minimum absolute atomic E-state index is 0.0462. The fourth-order valence-corrected chi connectivity index (χ4v) is 4.37. The van der Waals surface area contributed by atoms with Crippen molar-refractivity contribution in [3.05, 3.63) is 57.2 Å². The molecular weight excluding hydrogens is 340 g/mol. The minimum atomic E-state index is 0.0462. The average Bonchev–Trinajstić information content (AvgIpc) is 3.06. The van der Waals surface area contributed by atoms with Crippen molar-refractivity contribution in [1.29, 1.82) is 0 Å². The molecule has 0 aliphatic carbocycles. The van der Waals surface area contributed by atoms with Crippen LogP contribution in [0.3, 0.4) is 0 Å². The van der Waals surface area contributed by atoms with Crippen LogP contribution < -0.4 is 0 Å². The Morgan fingerprint density at radius 3 is 2.83 bits per heavy atom. The number of thiophene rings is 1. The van der Waals surface area contributed by atoms with E-state index < -0.39 is 0 Å².